The summed E-state index contributed by atoms with van der Waals surface area (Å²) >= 11 is 0. The van der Waals surface area contributed by atoms with Crippen molar-refractivity contribution in [2.75, 3.05) is 6.54 Å². The van der Waals surface area contributed by atoms with E-state index in [0.29, 0.717) is 12.3 Å². The van der Waals surface area contributed by atoms with Crippen LogP contribution < -0.4 is 5.32 Å². The molecule has 0 bridgehead atoms. The van der Waals surface area contributed by atoms with Crippen molar-refractivity contribution in [1.82, 2.24) is 10.2 Å². The van der Waals surface area contributed by atoms with Gasteiger partial charge in [-0.05, 0) is 36.0 Å². The first kappa shape index (κ1) is 14.8. The first-order valence-electron chi connectivity index (χ1n) is 7.98. The Morgan fingerprint density at radius 1 is 1.27 bits per heavy atom. The molecule has 116 valence electrons. The summed E-state index contributed by atoms with van der Waals surface area (Å²) in [4.78, 5) is 25.8. The molecule has 0 aromatic heterocycles. The molecular formula is C18H22N2O2. The molecule has 3 rings (SSSR count). The molecule has 4 nitrogen and oxygen atoms in total. The van der Waals surface area contributed by atoms with E-state index >= 15 is 0 Å². The zero-order valence-electron chi connectivity index (χ0n) is 12.9. The van der Waals surface area contributed by atoms with Crippen LogP contribution in [0.2, 0.25) is 0 Å². The van der Waals surface area contributed by atoms with Gasteiger partial charge in [-0.25, -0.2) is 0 Å². The van der Waals surface area contributed by atoms with E-state index < -0.39 is 0 Å². The van der Waals surface area contributed by atoms with Crippen LogP contribution in [0.3, 0.4) is 0 Å². The first-order valence-corrected chi connectivity index (χ1v) is 7.98. The third-order valence-corrected chi connectivity index (χ3v) is 4.66. The summed E-state index contributed by atoms with van der Waals surface area (Å²) in [5, 5.41) is 3.02. The molecule has 0 radical (unpaired) electrons. The van der Waals surface area contributed by atoms with Crippen LogP contribution in [0.25, 0.3) is 6.08 Å². The maximum atomic E-state index is 12.3. The predicted octanol–water partition coefficient (Wildman–Crippen LogP) is 2.87. The number of hydrogen-bond donors (Lipinski definition) is 1. The lowest BCUT2D eigenvalue weighted by Gasteiger charge is -2.32. The molecule has 2 amide bonds. The lowest BCUT2D eigenvalue weighted by molar-refractivity contribution is -0.130. The molecule has 4 heteroatoms. The van der Waals surface area contributed by atoms with E-state index in [1.165, 1.54) is 26.2 Å². The van der Waals surface area contributed by atoms with Gasteiger partial charge in [0.15, 0.2) is 0 Å². The number of hydrogen-bond acceptors (Lipinski definition) is 2. The van der Waals surface area contributed by atoms with Crippen molar-refractivity contribution in [2.24, 2.45) is 5.92 Å². The summed E-state index contributed by atoms with van der Waals surface area (Å²) < 4.78 is 0. The second-order valence-electron chi connectivity index (χ2n) is 6.19. The van der Waals surface area contributed by atoms with Crippen LogP contribution in [0.15, 0.2) is 30.5 Å². The Morgan fingerprint density at radius 3 is 2.73 bits per heavy atom. The van der Waals surface area contributed by atoms with E-state index in [-0.39, 0.29) is 17.9 Å². The fraction of sp³-hybridized carbons (Fsp3) is 0.444. The third kappa shape index (κ3) is 3.06. The van der Waals surface area contributed by atoms with Gasteiger partial charge in [0.1, 0.15) is 0 Å². The fourth-order valence-corrected chi connectivity index (χ4v) is 3.12. The number of carbonyl (C=O) groups is 2. The molecule has 2 aliphatic rings. The van der Waals surface area contributed by atoms with Crippen molar-refractivity contribution in [2.45, 2.75) is 38.6 Å². The van der Waals surface area contributed by atoms with E-state index in [9.17, 15) is 9.59 Å². The summed E-state index contributed by atoms with van der Waals surface area (Å²) in [5.74, 6) is 0.627. The maximum Gasteiger partial charge on any atom is 0.223 e. The Morgan fingerprint density at radius 2 is 2.05 bits per heavy atom. The highest BCUT2D eigenvalue weighted by Crippen LogP contribution is 2.33. The standard InChI is InChI=1S/C18H22N2O2/c1-13(21)20-10-9-15-7-2-3-8-16(15)17(20)11-18(22)19-12-14-5-4-6-14/h2-3,7-10,14,17H,4-6,11-12H2,1H3,(H,19,22)/t17-/m1/s1. The average Bonchev–Trinajstić information content (AvgIpc) is 2.45. The van der Waals surface area contributed by atoms with E-state index in [0.717, 1.165) is 17.7 Å². The summed E-state index contributed by atoms with van der Waals surface area (Å²) in [5.41, 5.74) is 2.12. The van der Waals surface area contributed by atoms with Crippen LogP contribution in [-0.2, 0) is 9.59 Å². The van der Waals surface area contributed by atoms with Gasteiger partial charge in [-0.3, -0.25) is 9.59 Å². The van der Waals surface area contributed by atoms with E-state index in [4.69, 9.17) is 0 Å². The molecule has 1 atom stereocenters. The van der Waals surface area contributed by atoms with Crippen molar-refractivity contribution < 1.29 is 9.59 Å². The number of fused-ring (bicyclic) bond motifs is 1. The van der Waals surface area contributed by atoms with Crippen molar-refractivity contribution in [3.8, 4) is 0 Å². The number of amides is 2. The second-order valence-corrected chi connectivity index (χ2v) is 6.19. The van der Waals surface area contributed by atoms with Gasteiger partial charge in [0.2, 0.25) is 11.8 Å². The monoisotopic (exact) mass is 298 g/mol. The molecule has 0 saturated heterocycles. The summed E-state index contributed by atoms with van der Waals surface area (Å²) in [6, 6.07) is 7.73. The number of nitrogens with one attached hydrogen (secondary N) is 1. The Balaban J connectivity index is 1.71. The Kier molecular flexibility index (Phi) is 4.27. The van der Waals surface area contributed by atoms with Crippen LogP contribution in [0.1, 0.15) is 49.8 Å². The molecule has 22 heavy (non-hydrogen) atoms. The van der Waals surface area contributed by atoms with E-state index in [2.05, 4.69) is 5.32 Å². The van der Waals surface area contributed by atoms with Crippen LogP contribution in [0, 0.1) is 5.92 Å². The molecule has 1 aromatic rings. The van der Waals surface area contributed by atoms with Crippen LogP contribution in [-0.4, -0.2) is 23.3 Å². The average molecular weight is 298 g/mol. The third-order valence-electron chi connectivity index (χ3n) is 4.66. The lowest BCUT2D eigenvalue weighted by Crippen LogP contribution is -2.37. The van der Waals surface area contributed by atoms with Crippen LogP contribution in [0.4, 0.5) is 0 Å². The zero-order chi connectivity index (χ0) is 15.5. The molecular weight excluding hydrogens is 276 g/mol. The topological polar surface area (TPSA) is 49.4 Å². The normalized spacial score (nSPS) is 20.2. The number of rotatable bonds is 4. The summed E-state index contributed by atoms with van der Waals surface area (Å²) in [6.07, 6.45) is 7.74. The minimum atomic E-state index is -0.208. The molecule has 1 aliphatic heterocycles. The molecule has 0 unspecified atom stereocenters. The zero-order valence-corrected chi connectivity index (χ0v) is 12.9. The highest BCUT2D eigenvalue weighted by molar-refractivity contribution is 5.81. The molecule has 1 N–H and O–H groups in total. The van der Waals surface area contributed by atoms with Gasteiger partial charge < -0.3 is 10.2 Å². The van der Waals surface area contributed by atoms with Crippen molar-refractivity contribution in [1.29, 1.82) is 0 Å². The molecule has 1 heterocycles. The lowest BCUT2D eigenvalue weighted by atomic mass is 9.85. The van der Waals surface area contributed by atoms with Gasteiger partial charge in [0.05, 0.1) is 12.5 Å². The van der Waals surface area contributed by atoms with Crippen molar-refractivity contribution >= 4 is 17.9 Å². The Hall–Kier alpha value is -2.10. The SMILES string of the molecule is CC(=O)N1C=Cc2ccccc2[C@H]1CC(=O)NCC1CCC1. The summed E-state index contributed by atoms with van der Waals surface area (Å²) in [6.45, 7) is 2.31. The Labute approximate surface area is 131 Å². The molecule has 1 aliphatic carbocycles. The quantitative estimate of drug-likeness (QED) is 0.929. The fourth-order valence-electron chi connectivity index (χ4n) is 3.12. The smallest absolute Gasteiger partial charge is 0.223 e. The second kappa shape index (κ2) is 6.34. The maximum absolute atomic E-state index is 12.3. The van der Waals surface area contributed by atoms with E-state index in [1.54, 1.807) is 11.1 Å². The van der Waals surface area contributed by atoms with Gasteiger partial charge >= 0.3 is 0 Å². The number of benzene rings is 1. The van der Waals surface area contributed by atoms with Gasteiger partial charge in [-0.15, -0.1) is 0 Å². The molecule has 1 aromatic carbocycles. The van der Waals surface area contributed by atoms with E-state index in [1.807, 2.05) is 30.3 Å². The van der Waals surface area contributed by atoms with Gasteiger partial charge in [-0.1, -0.05) is 30.7 Å². The van der Waals surface area contributed by atoms with Crippen molar-refractivity contribution in [3.05, 3.63) is 41.6 Å². The largest absolute Gasteiger partial charge is 0.356 e. The van der Waals surface area contributed by atoms with Crippen LogP contribution in [0.5, 0.6) is 0 Å². The minimum Gasteiger partial charge on any atom is -0.356 e. The highest BCUT2D eigenvalue weighted by Gasteiger charge is 2.28. The minimum absolute atomic E-state index is 0.0215. The number of nitrogens with zero attached hydrogens (tertiary/aromatic N) is 1. The molecule has 1 fully saturated rings. The molecule has 0 spiro atoms. The van der Waals surface area contributed by atoms with Gasteiger partial charge in [-0.2, -0.15) is 0 Å². The molecule has 1 saturated carbocycles. The highest BCUT2D eigenvalue weighted by atomic mass is 16.2. The van der Waals surface area contributed by atoms with Gasteiger partial charge in [0, 0.05) is 19.7 Å². The van der Waals surface area contributed by atoms with Crippen LogP contribution >= 0.6 is 0 Å². The summed E-state index contributed by atoms with van der Waals surface area (Å²) in [7, 11) is 0. The number of carbonyl (C=O) groups excluding carboxylic acids is 2. The Bertz CT molecular complexity index is 605. The van der Waals surface area contributed by atoms with Crippen molar-refractivity contribution in [3.63, 3.8) is 0 Å². The van der Waals surface area contributed by atoms with Gasteiger partial charge in [0.25, 0.3) is 0 Å². The predicted molar refractivity (Wildman–Crippen MR) is 85.7 cm³/mol. The first-order chi connectivity index (χ1) is 10.6.